The molecule has 2 atom stereocenters. The third kappa shape index (κ3) is 4.39. The van der Waals surface area contributed by atoms with Gasteiger partial charge in [0.25, 0.3) is 0 Å². The maximum Gasteiger partial charge on any atom is 0.322 e. The monoisotopic (exact) mass is 243 g/mol. The average Bonchev–Trinajstić information content (AvgIpc) is 2.69. The van der Waals surface area contributed by atoms with E-state index in [4.69, 9.17) is 5.11 Å². The van der Waals surface area contributed by atoms with Crippen molar-refractivity contribution in [2.45, 2.75) is 19.4 Å². The molecule has 7 heteroatoms. The van der Waals surface area contributed by atoms with Crippen LogP contribution in [0.5, 0.6) is 0 Å². The Morgan fingerprint density at radius 2 is 2.00 bits per heavy atom. The predicted octanol–water partition coefficient (Wildman–Crippen LogP) is -1.70. The van der Waals surface area contributed by atoms with Gasteiger partial charge in [-0.1, -0.05) is 0 Å². The molecule has 0 spiro atoms. The highest BCUT2D eigenvalue weighted by molar-refractivity contribution is 5.87. The summed E-state index contributed by atoms with van der Waals surface area (Å²) in [4.78, 5) is 33.0. The van der Waals surface area contributed by atoms with Crippen LogP contribution in [0.25, 0.3) is 0 Å². The van der Waals surface area contributed by atoms with E-state index in [0.717, 1.165) is 13.0 Å². The first-order valence-electron chi connectivity index (χ1n) is 5.50. The van der Waals surface area contributed by atoms with E-state index in [-0.39, 0.29) is 24.4 Å². The van der Waals surface area contributed by atoms with E-state index in [1.54, 1.807) is 0 Å². The number of carboxylic acid groups (broad SMARTS) is 1. The van der Waals surface area contributed by atoms with Crippen LogP contribution in [0, 0.1) is 5.92 Å². The highest BCUT2D eigenvalue weighted by atomic mass is 16.4. The minimum absolute atomic E-state index is 0.108. The van der Waals surface area contributed by atoms with Crippen molar-refractivity contribution in [3.8, 4) is 0 Å². The standard InChI is InChI=1S/C10H17N3O4/c1-6-7(2-3-11-6)10(17)13-4-8(14)12-5-9(15)16/h6-7,11H,2-5H2,1H3,(H,12,14)(H,13,17)(H,15,16). The van der Waals surface area contributed by atoms with E-state index < -0.39 is 18.4 Å². The maximum absolute atomic E-state index is 11.7. The number of aliphatic carboxylic acids is 1. The van der Waals surface area contributed by atoms with Crippen molar-refractivity contribution in [1.29, 1.82) is 0 Å². The smallest absolute Gasteiger partial charge is 0.322 e. The van der Waals surface area contributed by atoms with Crippen molar-refractivity contribution in [2.75, 3.05) is 19.6 Å². The van der Waals surface area contributed by atoms with Gasteiger partial charge in [0.15, 0.2) is 0 Å². The highest BCUT2D eigenvalue weighted by Gasteiger charge is 2.29. The Kier molecular flexibility index (Phi) is 4.89. The minimum atomic E-state index is -1.11. The molecule has 7 nitrogen and oxygen atoms in total. The fourth-order valence-corrected chi connectivity index (χ4v) is 1.75. The fraction of sp³-hybridized carbons (Fsp3) is 0.700. The van der Waals surface area contributed by atoms with Crippen LogP contribution in [0.4, 0.5) is 0 Å². The number of rotatable bonds is 5. The number of carboxylic acids is 1. The number of nitrogens with one attached hydrogen (secondary N) is 3. The maximum atomic E-state index is 11.7. The lowest BCUT2D eigenvalue weighted by Crippen LogP contribution is -2.43. The number of hydrogen-bond donors (Lipinski definition) is 4. The van der Waals surface area contributed by atoms with E-state index in [1.165, 1.54) is 0 Å². The molecular formula is C10H17N3O4. The molecule has 0 bridgehead atoms. The summed E-state index contributed by atoms with van der Waals surface area (Å²) in [6.45, 7) is 2.09. The topological polar surface area (TPSA) is 108 Å². The van der Waals surface area contributed by atoms with Gasteiger partial charge < -0.3 is 21.1 Å². The van der Waals surface area contributed by atoms with Crippen LogP contribution in [0.2, 0.25) is 0 Å². The van der Waals surface area contributed by atoms with Crippen LogP contribution in [-0.4, -0.2) is 48.6 Å². The molecular weight excluding hydrogens is 226 g/mol. The number of carbonyl (C=O) groups is 3. The van der Waals surface area contributed by atoms with Crippen LogP contribution >= 0.6 is 0 Å². The molecule has 1 fully saturated rings. The summed E-state index contributed by atoms with van der Waals surface area (Å²) in [5.74, 6) is -1.91. The Bertz CT molecular complexity index is 319. The first-order valence-corrected chi connectivity index (χ1v) is 5.50. The van der Waals surface area contributed by atoms with Gasteiger partial charge in [-0.15, -0.1) is 0 Å². The molecule has 1 saturated heterocycles. The summed E-state index contributed by atoms with van der Waals surface area (Å²) in [6, 6.07) is 0.108. The second-order valence-electron chi connectivity index (χ2n) is 4.03. The van der Waals surface area contributed by atoms with E-state index in [2.05, 4.69) is 16.0 Å². The molecule has 0 radical (unpaired) electrons. The summed E-state index contributed by atoms with van der Waals surface area (Å²) in [6.07, 6.45) is 0.754. The molecule has 0 saturated carbocycles. The molecule has 0 aromatic heterocycles. The van der Waals surface area contributed by atoms with Gasteiger partial charge in [0, 0.05) is 6.04 Å². The molecule has 0 aromatic carbocycles. The zero-order valence-electron chi connectivity index (χ0n) is 9.66. The lowest BCUT2D eigenvalue weighted by atomic mass is 10.0. The van der Waals surface area contributed by atoms with Gasteiger partial charge in [0.05, 0.1) is 12.5 Å². The molecule has 1 aliphatic heterocycles. The van der Waals surface area contributed by atoms with Gasteiger partial charge in [-0.2, -0.15) is 0 Å². The third-order valence-electron chi connectivity index (χ3n) is 2.72. The summed E-state index contributed by atoms with van der Waals surface area (Å²) in [5, 5.41) is 16.1. The van der Waals surface area contributed by atoms with Crippen molar-refractivity contribution in [1.82, 2.24) is 16.0 Å². The molecule has 1 heterocycles. The van der Waals surface area contributed by atoms with Gasteiger partial charge in [-0.3, -0.25) is 14.4 Å². The number of carbonyl (C=O) groups excluding carboxylic acids is 2. The largest absolute Gasteiger partial charge is 0.480 e. The fourth-order valence-electron chi connectivity index (χ4n) is 1.75. The summed E-state index contributed by atoms with van der Waals surface area (Å²) in [5.41, 5.74) is 0. The van der Waals surface area contributed by atoms with E-state index in [0.29, 0.717) is 0 Å². The Morgan fingerprint density at radius 3 is 2.53 bits per heavy atom. The summed E-state index contributed by atoms with van der Waals surface area (Å²) >= 11 is 0. The van der Waals surface area contributed by atoms with Crippen LogP contribution in [-0.2, 0) is 14.4 Å². The molecule has 2 amide bonds. The van der Waals surface area contributed by atoms with E-state index in [9.17, 15) is 14.4 Å². The Labute approximate surface area is 98.9 Å². The number of amides is 2. The van der Waals surface area contributed by atoms with Crippen LogP contribution in [0.15, 0.2) is 0 Å². The Hall–Kier alpha value is -1.63. The quantitative estimate of drug-likeness (QED) is 0.460. The lowest BCUT2D eigenvalue weighted by molar-refractivity contribution is -0.137. The van der Waals surface area contributed by atoms with Crippen molar-refractivity contribution >= 4 is 17.8 Å². The Morgan fingerprint density at radius 1 is 1.29 bits per heavy atom. The SMILES string of the molecule is CC1NCCC1C(=O)NCC(=O)NCC(=O)O. The van der Waals surface area contributed by atoms with Crippen LogP contribution in [0.1, 0.15) is 13.3 Å². The molecule has 0 aliphatic carbocycles. The first-order chi connectivity index (χ1) is 8.00. The summed E-state index contributed by atoms with van der Waals surface area (Å²) in [7, 11) is 0. The molecule has 1 aliphatic rings. The predicted molar refractivity (Wildman–Crippen MR) is 59.2 cm³/mol. The van der Waals surface area contributed by atoms with Gasteiger partial charge in [0.2, 0.25) is 11.8 Å². The second kappa shape index (κ2) is 6.19. The molecule has 1 rings (SSSR count). The zero-order valence-corrected chi connectivity index (χ0v) is 9.66. The second-order valence-corrected chi connectivity index (χ2v) is 4.03. The van der Waals surface area contributed by atoms with Crippen LogP contribution < -0.4 is 16.0 Å². The normalized spacial score (nSPS) is 23.1. The highest BCUT2D eigenvalue weighted by Crippen LogP contribution is 2.14. The van der Waals surface area contributed by atoms with Crippen molar-refractivity contribution in [3.63, 3.8) is 0 Å². The lowest BCUT2D eigenvalue weighted by Gasteiger charge is -2.14. The van der Waals surface area contributed by atoms with Crippen molar-refractivity contribution in [3.05, 3.63) is 0 Å². The number of hydrogen-bond acceptors (Lipinski definition) is 4. The van der Waals surface area contributed by atoms with Gasteiger partial charge in [-0.25, -0.2) is 0 Å². The third-order valence-corrected chi connectivity index (χ3v) is 2.72. The van der Waals surface area contributed by atoms with E-state index >= 15 is 0 Å². The summed E-state index contributed by atoms with van der Waals surface area (Å²) < 4.78 is 0. The first kappa shape index (κ1) is 13.4. The molecule has 2 unspecified atom stereocenters. The minimum Gasteiger partial charge on any atom is -0.480 e. The van der Waals surface area contributed by atoms with Crippen molar-refractivity contribution in [2.24, 2.45) is 5.92 Å². The Balaban J connectivity index is 2.23. The molecule has 4 N–H and O–H groups in total. The van der Waals surface area contributed by atoms with Gasteiger partial charge in [-0.05, 0) is 19.9 Å². The van der Waals surface area contributed by atoms with Crippen LogP contribution in [0.3, 0.4) is 0 Å². The van der Waals surface area contributed by atoms with Gasteiger partial charge in [0.1, 0.15) is 6.54 Å². The molecule has 96 valence electrons. The molecule has 17 heavy (non-hydrogen) atoms. The van der Waals surface area contributed by atoms with Crippen molar-refractivity contribution < 1.29 is 19.5 Å². The van der Waals surface area contributed by atoms with Gasteiger partial charge >= 0.3 is 5.97 Å². The average molecular weight is 243 g/mol. The van der Waals surface area contributed by atoms with E-state index in [1.807, 2.05) is 6.92 Å². The molecule has 0 aromatic rings. The zero-order chi connectivity index (χ0) is 12.8.